The normalized spacial score (nSPS) is 14.9. The molecule has 0 saturated heterocycles. The van der Waals surface area contributed by atoms with Crippen LogP contribution < -0.4 is 5.32 Å². The van der Waals surface area contributed by atoms with E-state index in [0.29, 0.717) is 6.04 Å². The van der Waals surface area contributed by atoms with Crippen LogP contribution in [0, 0.1) is 0 Å². The molecule has 0 spiro atoms. The molecular weight excluding hydrogens is 200 g/mol. The number of nitrogens with one attached hydrogen (secondary N) is 1. The van der Waals surface area contributed by atoms with Crippen molar-refractivity contribution in [3.05, 3.63) is 0 Å². The first-order valence-corrected chi connectivity index (χ1v) is 6.68. The largest absolute Gasteiger partial charge is 0.335 e. The minimum Gasteiger partial charge on any atom is -0.335 e. The van der Waals surface area contributed by atoms with Crippen molar-refractivity contribution in [3.8, 4) is 0 Å². The summed E-state index contributed by atoms with van der Waals surface area (Å²) in [5, 5.41) is 3.01. The van der Waals surface area contributed by atoms with Gasteiger partial charge in [0.15, 0.2) is 0 Å². The molecule has 0 heterocycles. The average molecular weight is 230 g/mol. The van der Waals surface area contributed by atoms with Gasteiger partial charge in [-0.2, -0.15) is 0 Å². The van der Waals surface area contributed by atoms with E-state index in [1.54, 1.807) is 19.0 Å². The van der Waals surface area contributed by atoms with Gasteiger partial charge in [-0.1, -0.05) is 47.0 Å². The Bertz CT molecular complexity index is 152. The maximum absolute atomic E-state index is 11.2. The second kappa shape index (κ2) is 12.3. The number of carbonyl (C=O) groups is 1. The maximum Gasteiger partial charge on any atom is 0.317 e. The Morgan fingerprint density at radius 2 is 1.44 bits per heavy atom. The molecule has 98 valence electrons. The third-order valence-corrected chi connectivity index (χ3v) is 2.34. The van der Waals surface area contributed by atoms with Crippen molar-refractivity contribution in [3.63, 3.8) is 0 Å². The highest BCUT2D eigenvalue weighted by Gasteiger charge is 2.15. The van der Waals surface area contributed by atoms with E-state index in [-0.39, 0.29) is 6.03 Å². The van der Waals surface area contributed by atoms with Gasteiger partial charge in [0.05, 0.1) is 0 Å². The highest BCUT2D eigenvalue weighted by molar-refractivity contribution is 5.73. The monoisotopic (exact) mass is 230 g/mol. The second-order valence-corrected chi connectivity index (χ2v) is 3.68. The Morgan fingerprint density at radius 1 is 1.00 bits per heavy atom. The standard InChI is InChI=1S/C9H18N2O.2C2H6/c1-11(2)9(12)10-8-6-4-3-5-7-8;2*1-2/h8H,3-7H2,1-2H3,(H,10,12);2*1-2H3. The third-order valence-electron chi connectivity index (χ3n) is 2.34. The average Bonchev–Trinajstić information content (AvgIpc) is 2.35. The summed E-state index contributed by atoms with van der Waals surface area (Å²) in [5.41, 5.74) is 0. The van der Waals surface area contributed by atoms with Crippen molar-refractivity contribution in [1.82, 2.24) is 10.2 Å². The van der Waals surface area contributed by atoms with Crippen LogP contribution in [0.2, 0.25) is 0 Å². The van der Waals surface area contributed by atoms with E-state index in [4.69, 9.17) is 0 Å². The number of urea groups is 1. The van der Waals surface area contributed by atoms with E-state index in [9.17, 15) is 4.79 Å². The fourth-order valence-electron chi connectivity index (χ4n) is 1.55. The highest BCUT2D eigenvalue weighted by atomic mass is 16.2. The summed E-state index contributed by atoms with van der Waals surface area (Å²) < 4.78 is 0. The Hall–Kier alpha value is -0.730. The van der Waals surface area contributed by atoms with Crippen molar-refractivity contribution in [2.45, 2.75) is 65.8 Å². The van der Waals surface area contributed by atoms with Gasteiger partial charge >= 0.3 is 6.03 Å². The molecule has 0 bridgehead atoms. The summed E-state index contributed by atoms with van der Waals surface area (Å²) in [5.74, 6) is 0. The number of nitrogens with zero attached hydrogens (tertiary/aromatic N) is 1. The first-order chi connectivity index (χ1) is 7.70. The quantitative estimate of drug-likeness (QED) is 0.733. The number of rotatable bonds is 1. The van der Waals surface area contributed by atoms with Crippen molar-refractivity contribution >= 4 is 6.03 Å². The summed E-state index contributed by atoms with van der Waals surface area (Å²) >= 11 is 0. The van der Waals surface area contributed by atoms with E-state index >= 15 is 0 Å². The van der Waals surface area contributed by atoms with Gasteiger partial charge in [0.25, 0.3) is 0 Å². The van der Waals surface area contributed by atoms with Crippen LogP contribution in [0.4, 0.5) is 4.79 Å². The molecule has 0 aliphatic heterocycles. The van der Waals surface area contributed by atoms with Crippen molar-refractivity contribution in [2.75, 3.05) is 14.1 Å². The van der Waals surface area contributed by atoms with Gasteiger partial charge in [-0.05, 0) is 12.8 Å². The van der Waals surface area contributed by atoms with E-state index in [1.165, 1.54) is 19.3 Å². The number of carbonyl (C=O) groups excluding carboxylic acids is 1. The van der Waals surface area contributed by atoms with Crippen LogP contribution >= 0.6 is 0 Å². The summed E-state index contributed by atoms with van der Waals surface area (Å²) in [7, 11) is 3.55. The van der Waals surface area contributed by atoms with Crippen LogP contribution in [-0.2, 0) is 0 Å². The molecule has 0 aromatic heterocycles. The molecule has 1 aliphatic carbocycles. The molecule has 0 radical (unpaired) electrons. The minimum absolute atomic E-state index is 0.0434. The third kappa shape index (κ3) is 8.57. The van der Waals surface area contributed by atoms with Gasteiger partial charge in [0, 0.05) is 20.1 Å². The van der Waals surface area contributed by atoms with Gasteiger partial charge in [-0.25, -0.2) is 4.79 Å². The van der Waals surface area contributed by atoms with Gasteiger partial charge < -0.3 is 10.2 Å². The first-order valence-electron chi connectivity index (χ1n) is 6.68. The molecule has 0 unspecified atom stereocenters. The Kier molecular flexibility index (Phi) is 13.6. The zero-order chi connectivity index (χ0) is 13.0. The molecule has 1 aliphatic rings. The molecule has 3 heteroatoms. The topological polar surface area (TPSA) is 32.3 Å². The van der Waals surface area contributed by atoms with E-state index < -0.39 is 0 Å². The molecule has 1 rings (SSSR count). The van der Waals surface area contributed by atoms with E-state index in [0.717, 1.165) is 12.8 Å². The van der Waals surface area contributed by atoms with Crippen LogP contribution in [0.15, 0.2) is 0 Å². The fourth-order valence-corrected chi connectivity index (χ4v) is 1.55. The van der Waals surface area contributed by atoms with E-state index in [2.05, 4.69) is 5.32 Å². The lowest BCUT2D eigenvalue weighted by atomic mass is 9.96. The van der Waals surface area contributed by atoms with Crippen LogP contribution in [0.5, 0.6) is 0 Å². The van der Waals surface area contributed by atoms with Gasteiger partial charge in [0.2, 0.25) is 0 Å². The highest BCUT2D eigenvalue weighted by Crippen LogP contribution is 2.17. The second-order valence-electron chi connectivity index (χ2n) is 3.68. The Morgan fingerprint density at radius 3 is 1.81 bits per heavy atom. The fraction of sp³-hybridized carbons (Fsp3) is 0.923. The SMILES string of the molecule is CC.CC.CN(C)C(=O)NC1CCCCC1. The first kappa shape index (κ1) is 17.7. The Labute approximate surface area is 102 Å². The summed E-state index contributed by atoms with van der Waals surface area (Å²) in [6, 6.07) is 0.468. The summed E-state index contributed by atoms with van der Waals surface area (Å²) in [6.45, 7) is 8.00. The Balaban J connectivity index is 0. The minimum atomic E-state index is 0.0434. The molecule has 0 aromatic carbocycles. The molecule has 1 N–H and O–H groups in total. The van der Waals surface area contributed by atoms with Crippen LogP contribution in [-0.4, -0.2) is 31.1 Å². The molecule has 0 aromatic rings. The van der Waals surface area contributed by atoms with Crippen LogP contribution in [0.3, 0.4) is 0 Å². The van der Waals surface area contributed by atoms with Gasteiger partial charge in [-0.15, -0.1) is 0 Å². The predicted octanol–water partition coefficient (Wildman–Crippen LogP) is 3.64. The van der Waals surface area contributed by atoms with Crippen molar-refractivity contribution in [1.29, 1.82) is 0 Å². The summed E-state index contributed by atoms with van der Waals surface area (Å²) in [6.07, 6.45) is 6.16. The van der Waals surface area contributed by atoms with Crippen LogP contribution in [0.25, 0.3) is 0 Å². The lowest BCUT2D eigenvalue weighted by Gasteiger charge is -2.24. The summed E-state index contributed by atoms with van der Waals surface area (Å²) in [4.78, 5) is 12.8. The van der Waals surface area contributed by atoms with Gasteiger partial charge in [-0.3, -0.25) is 0 Å². The van der Waals surface area contributed by atoms with Gasteiger partial charge in [0.1, 0.15) is 0 Å². The van der Waals surface area contributed by atoms with E-state index in [1.807, 2.05) is 27.7 Å². The maximum atomic E-state index is 11.2. The lowest BCUT2D eigenvalue weighted by molar-refractivity contribution is 0.209. The van der Waals surface area contributed by atoms with Crippen molar-refractivity contribution in [2.24, 2.45) is 0 Å². The molecule has 2 amide bonds. The number of amides is 2. The predicted molar refractivity (Wildman–Crippen MR) is 71.8 cm³/mol. The molecule has 1 saturated carbocycles. The number of hydrogen-bond acceptors (Lipinski definition) is 1. The number of hydrogen-bond donors (Lipinski definition) is 1. The molecule has 0 atom stereocenters. The molecule has 3 nitrogen and oxygen atoms in total. The van der Waals surface area contributed by atoms with Crippen LogP contribution in [0.1, 0.15) is 59.8 Å². The lowest BCUT2D eigenvalue weighted by Crippen LogP contribution is -2.42. The molecule has 1 fully saturated rings. The molecule has 16 heavy (non-hydrogen) atoms. The zero-order valence-electron chi connectivity index (χ0n) is 12.0. The smallest absolute Gasteiger partial charge is 0.317 e. The van der Waals surface area contributed by atoms with Crippen molar-refractivity contribution < 1.29 is 4.79 Å². The zero-order valence-corrected chi connectivity index (χ0v) is 12.0. The molecular formula is C13H30N2O.